The van der Waals surface area contributed by atoms with Gasteiger partial charge in [0.2, 0.25) is 0 Å². The van der Waals surface area contributed by atoms with Gasteiger partial charge in [0, 0.05) is 5.22 Å². The zero-order valence-corrected chi connectivity index (χ0v) is 5.86. The van der Waals surface area contributed by atoms with Crippen molar-refractivity contribution < 1.29 is 0 Å². The molecule has 0 fully saturated rings. The van der Waals surface area contributed by atoms with Gasteiger partial charge in [-0.2, -0.15) is 10.2 Å². The van der Waals surface area contributed by atoms with Gasteiger partial charge in [0.25, 0.3) is 0 Å². The van der Waals surface area contributed by atoms with Crippen molar-refractivity contribution in [1.29, 1.82) is 0 Å². The standard InChI is InChI=1S/C8H7N3/c9-11-6-5-7-3-1-2-4-8(7)10-11/h1-4,6H,9H2. The molecule has 0 aliphatic carbocycles. The molecule has 3 heteroatoms. The van der Waals surface area contributed by atoms with Crippen LogP contribution in [-0.2, 0) is 0 Å². The van der Waals surface area contributed by atoms with E-state index in [2.05, 4.69) is 10.8 Å². The first-order chi connectivity index (χ1) is 5.36. The summed E-state index contributed by atoms with van der Waals surface area (Å²) in [6.45, 7) is 0. The molecular formula is C8H7N3. The second-order valence-corrected chi connectivity index (χ2v) is 2.27. The van der Waals surface area contributed by atoms with Crippen LogP contribution in [0, 0.1) is 0 Å². The smallest absolute Gasteiger partial charge is 0.100 e. The van der Waals surface area contributed by atoms with Crippen LogP contribution in [0.3, 0.4) is 0 Å². The van der Waals surface area contributed by atoms with E-state index >= 15 is 0 Å². The highest BCUT2D eigenvalue weighted by molar-refractivity contribution is 5.22. The van der Waals surface area contributed by atoms with Gasteiger partial charge in [-0.25, -0.2) is 5.84 Å². The van der Waals surface area contributed by atoms with Gasteiger partial charge >= 0.3 is 0 Å². The monoisotopic (exact) mass is 145 g/mol. The topological polar surface area (TPSA) is 41.6 Å². The Bertz CT molecular complexity index is 415. The van der Waals surface area contributed by atoms with Crippen molar-refractivity contribution >= 4 is 5.73 Å². The van der Waals surface area contributed by atoms with E-state index in [1.807, 2.05) is 24.3 Å². The van der Waals surface area contributed by atoms with Gasteiger partial charge in [-0.3, -0.25) is 0 Å². The minimum Gasteiger partial charge on any atom is -0.226 e. The van der Waals surface area contributed by atoms with Gasteiger partial charge in [0.15, 0.2) is 0 Å². The van der Waals surface area contributed by atoms with Gasteiger partial charge < -0.3 is 0 Å². The molecule has 1 aliphatic heterocycles. The molecule has 0 unspecified atom stereocenters. The van der Waals surface area contributed by atoms with Crippen LogP contribution in [0.2, 0.25) is 0 Å². The molecule has 2 rings (SSSR count). The molecular weight excluding hydrogens is 138 g/mol. The van der Waals surface area contributed by atoms with E-state index in [1.54, 1.807) is 6.20 Å². The molecule has 2 N–H and O–H groups in total. The molecule has 1 heterocycles. The molecule has 0 radical (unpaired) electrons. The van der Waals surface area contributed by atoms with Crippen LogP contribution in [0.15, 0.2) is 35.6 Å². The molecule has 1 aliphatic rings. The maximum absolute atomic E-state index is 5.40. The lowest BCUT2D eigenvalue weighted by Crippen LogP contribution is -2.33. The highest BCUT2D eigenvalue weighted by Crippen LogP contribution is 1.80. The Kier molecular flexibility index (Phi) is 1.25. The Morgan fingerprint density at radius 1 is 1.36 bits per heavy atom. The first-order valence-corrected chi connectivity index (χ1v) is 3.31. The van der Waals surface area contributed by atoms with Crippen LogP contribution in [0.5, 0.6) is 0 Å². The van der Waals surface area contributed by atoms with E-state index in [9.17, 15) is 0 Å². The summed E-state index contributed by atoms with van der Waals surface area (Å²) in [5, 5.41) is 7.13. The van der Waals surface area contributed by atoms with E-state index in [0.717, 1.165) is 10.6 Å². The van der Waals surface area contributed by atoms with Crippen molar-refractivity contribution in [2.24, 2.45) is 10.9 Å². The van der Waals surface area contributed by atoms with E-state index < -0.39 is 0 Å². The third kappa shape index (κ3) is 1.03. The Hall–Kier alpha value is -1.57. The maximum Gasteiger partial charge on any atom is 0.100 e. The van der Waals surface area contributed by atoms with Crippen LogP contribution in [0.1, 0.15) is 0 Å². The lowest BCUT2D eigenvalue weighted by Gasteiger charge is -2.05. The number of fused-ring (bicyclic) bond motifs is 1. The van der Waals surface area contributed by atoms with Gasteiger partial charge in [-0.1, -0.05) is 17.9 Å². The summed E-state index contributed by atoms with van der Waals surface area (Å²) < 4.78 is 0. The van der Waals surface area contributed by atoms with Crippen molar-refractivity contribution in [3.8, 4) is 0 Å². The number of hydrogen-bond acceptors (Lipinski definition) is 3. The lowest BCUT2D eigenvalue weighted by molar-refractivity contribution is 0.404. The Morgan fingerprint density at radius 3 is 3.09 bits per heavy atom. The molecule has 3 nitrogen and oxygen atoms in total. The average Bonchev–Trinajstić information content (AvgIpc) is 2.04. The first kappa shape index (κ1) is 6.16. The Labute approximate surface area is 63.7 Å². The fourth-order valence-electron chi connectivity index (χ4n) is 0.972. The third-order valence-electron chi connectivity index (χ3n) is 1.48. The van der Waals surface area contributed by atoms with Gasteiger partial charge in [0.1, 0.15) is 5.36 Å². The van der Waals surface area contributed by atoms with Crippen molar-refractivity contribution in [1.82, 2.24) is 5.12 Å². The molecule has 0 spiro atoms. The molecule has 0 amide bonds. The molecule has 11 heavy (non-hydrogen) atoms. The van der Waals surface area contributed by atoms with Crippen LogP contribution in [-0.4, -0.2) is 5.12 Å². The van der Waals surface area contributed by atoms with Crippen molar-refractivity contribution in [2.75, 3.05) is 0 Å². The number of hydrogen-bond donors (Lipinski definition) is 1. The van der Waals surface area contributed by atoms with Gasteiger partial charge in [0.05, 0.1) is 6.20 Å². The van der Waals surface area contributed by atoms with Crippen LogP contribution >= 0.6 is 0 Å². The quantitative estimate of drug-likeness (QED) is 0.491. The second kappa shape index (κ2) is 2.23. The normalized spacial score (nSPS) is 13.4. The van der Waals surface area contributed by atoms with Gasteiger partial charge in [-0.15, -0.1) is 0 Å². The predicted octanol–water partition coefficient (Wildman–Crippen LogP) is -0.696. The van der Waals surface area contributed by atoms with Crippen LogP contribution in [0.4, 0.5) is 0 Å². The minimum atomic E-state index is 0.859. The predicted molar refractivity (Wildman–Crippen MR) is 41.2 cm³/mol. The van der Waals surface area contributed by atoms with E-state index in [1.165, 1.54) is 5.12 Å². The summed E-state index contributed by atoms with van der Waals surface area (Å²) in [5.41, 5.74) is 2.99. The molecule has 1 aromatic rings. The number of benzene rings is 1. The first-order valence-electron chi connectivity index (χ1n) is 3.31. The summed E-state index contributed by atoms with van der Waals surface area (Å²) >= 11 is 0. The molecule has 0 saturated heterocycles. The molecule has 1 aromatic carbocycles. The molecule has 54 valence electrons. The Morgan fingerprint density at radius 2 is 2.18 bits per heavy atom. The highest BCUT2D eigenvalue weighted by atomic mass is 15.6. The van der Waals surface area contributed by atoms with Crippen molar-refractivity contribution in [2.45, 2.75) is 0 Å². The number of nitrogens with two attached hydrogens (primary N) is 1. The molecule has 0 bridgehead atoms. The fourth-order valence-corrected chi connectivity index (χ4v) is 0.972. The fraction of sp³-hybridized carbons (Fsp3) is 0. The number of nitrogens with zero attached hydrogens (tertiary/aromatic N) is 2. The third-order valence-corrected chi connectivity index (χ3v) is 1.48. The average molecular weight is 145 g/mol. The lowest BCUT2D eigenvalue weighted by atomic mass is 10.3. The van der Waals surface area contributed by atoms with Crippen molar-refractivity contribution in [3.05, 3.63) is 41.0 Å². The summed E-state index contributed by atoms with van der Waals surface area (Å²) in [4.78, 5) is 0. The van der Waals surface area contributed by atoms with Crippen LogP contribution in [0.25, 0.3) is 5.73 Å². The summed E-state index contributed by atoms with van der Waals surface area (Å²) in [7, 11) is 0. The zero-order valence-electron chi connectivity index (χ0n) is 5.86. The van der Waals surface area contributed by atoms with Gasteiger partial charge in [-0.05, 0) is 12.1 Å². The Balaban J connectivity index is 2.88. The maximum atomic E-state index is 5.40. The van der Waals surface area contributed by atoms with E-state index in [-0.39, 0.29) is 0 Å². The summed E-state index contributed by atoms with van der Waals surface area (Å²) in [5.74, 6) is 5.40. The SMILES string of the molecule is NN1C=C=c2ccccc2=N1. The minimum absolute atomic E-state index is 0.859. The largest absolute Gasteiger partial charge is 0.226 e. The van der Waals surface area contributed by atoms with Crippen LogP contribution < -0.4 is 16.4 Å². The molecule has 0 aromatic heterocycles. The zero-order chi connectivity index (χ0) is 7.68. The van der Waals surface area contributed by atoms with E-state index in [4.69, 9.17) is 5.84 Å². The summed E-state index contributed by atoms with van der Waals surface area (Å²) in [6, 6.07) is 7.71. The molecule has 0 saturated carbocycles. The van der Waals surface area contributed by atoms with Crippen molar-refractivity contribution in [3.63, 3.8) is 0 Å². The summed E-state index contributed by atoms with van der Waals surface area (Å²) in [6.07, 6.45) is 1.60. The number of hydrazine groups is 1. The number of rotatable bonds is 0. The van der Waals surface area contributed by atoms with E-state index in [0.29, 0.717) is 0 Å². The second-order valence-electron chi connectivity index (χ2n) is 2.27. The molecule has 0 atom stereocenters. The highest BCUT2D eigenvalue weighted by Gasteiger charge is 1.91.